The van der Waals surface area contributed by atoms with Gasteiger partial charge in [-0.3, -0.25) is 4.79 Å². The molecule has 110 valence electrons. The number of benzene rings is 2. The van der Waals surface area contributed by atoms with E-state index in [1.807, 2.05) is 54.9 Å². The summed E-state index contributed by atoms with van der Waals surface area (Å²) in [6.45, 7) is 0. The maximum Gasteiger partial charge on any atom is 0.163 e. The lowest BCUT2D eigenvalue weighted by Gasteiger charge is -2.21. The predicted octanol–water partition coefficient (Wildman–Crippen LogP) is 5.19. The van der Waals surface area contributed by atoms with Gasteiger partial charge in [0.15, 0.2) is 5.78 Å². The minimum atomic E-state index is 0.149. The van der Waals surface area contributed by atoms with E-state index in [0.717, 1.165) is 15.7 Å². The number of halogens is 1. The summed E-state index contributed by atoms with van der Waals surface area (Å²) in [6.07, 6.45) is 8.69. The maximum atomic E-state index is 12.3. The van der Waals surface area contributed by atoms with Crippen molar-refractivity contribution < 1.29 is 4.79 Å². The number of ketones is 1. The van der Waals surface area contributed by atoms with E-state index in [2.05, 4.69) is 45.1 Å². The molecule has 1 aliphatic rings. The van der Waals surface area contributed by atoms with Gasteiger partial charge in [-0.25, -0.2) is 0 Å². The van der Waals surface area contributed by atoms with E-state index in [0.29, 0.717) is 6.42 Å². The Morgan fingerprint density at radius 2 is 1.59 bits per heavy atom. The fourth-order valence-corrected chi connectivity index (χ4v) is 2.66. The van der Waals surface area contributed by atoms with Crippen molar-refractivity contribution in [3.63, 3.8) is 0 Å². The highest BCUT2D eigenvalue weighted by Crippen LogP contribution is 2.22. The second kappa shape index (κ2) is 6.75. The van der Waals surface area contributed by atoms with Gasteiger partial charge in [0.2, 0.25) is 0 Å². The second-order valence-electron chi connectivity index (χ2n) is 5.22. The third-order valence-electron chi connectivity index (χ3n) is 3.63. The molecule has 22 heavy (non-hydrogen) atoms. The first-order chi connectivity index (χ1) is 10.7. The Bertz CT molecular complexity index is 690. The van der Waals surface area contributed by atoms with E-state index in [1.165, 1.54) is 0 Å². The van der Waals surface area contributed by atoms with Crippen molar-refractivity contribution in [2.45, 2.75) is 6.42 Å². The van der Waals surface area contributed by atoms with Crippen LogP contribution in [0.3, 0.4) is 0 Å². The van der Waals surface area contributed by atoms with Crippen molar-refractivity contribution in [2.24, 2.45) is 5.92 Å². The molecule has 0 atom stereocenters. The molecule has 0 saturated carbocycles. The van der Waals surface area contributed by atoms with Crippen molar-refractivity contribution in [1.82, 2.24) is 0 Å². The lowest BCUT2D eigenvalue weighted by Crippen LogP contribution is -2.14. The molecule has 0 aliphatic carbocycles. The highest BCUT2D eigenvalue weighted by Gasteiger charge is 2.14. The largest absolute Gasteiger partial charge is 0.324 e. The first-order valence-corrected chi connectivity index (χ1v) is 8.00. The molecule has 2 aromatic carbocycles. The SMILES string of the molecule is O=C(CC1C=CN(c2ccccc2)C=C1)c1ccc(Br)cc1. The minimum Gasteiger partial charge on any atom is -0.324 e. The number of allylic oxidation sites excluding steroid dienone is 2. The zero-order valence-corrected chi connectivity index (χ0v) is 13.6. The number of rotatable bonds is 4. The molecule has 0 unspecified atom stereocenters. The molecule has 1 heterocycles. The van der Waals surface area contributed by atoms with Crippen LogP contribution in [-0.2, 0) is 0 Å². The quantitative estimate of drug-likeness (QED) is 0.705. The molecule has 0 aromatic heterocycles. The van der Waals surface area contributed by atoms with E-state index in [1.54, 1.807) is 0 Å². The molecule has 0 radical (unpaired) electrons. The highest BCUT2D eigenvalue weighted by atomic mass is 79.9. The van der Waals surface area contributed by atoms with Crippen LogP contribution in [0.25, 0.3) is 0 Å². The Morgan fingerprint density at radius 1 is 0.955 bits per heavy atom. The number of carbonyl (C=O) groups is 1. The number of para-hydroxylation sites is 1. The summed E-state index contributed by atoms with van der Waals surface area (Å²) in [6, 6.07) is 17.7. The monoisotopic (exact) mass is 353 g/mol. The molecule has 0 saturated heterocycles. The molecule has 1 aliphatic heterocycles. The van der Waals surface area contributed by atoms with Crippen LogP contribution >= 0.6 is 15.9 Å². The van der Waals surface area contributed by atoms with E-state index >= 15 is 0 Å². The summed E-state index contributed by atoms with van der Waals surface area (Å²) < 4.78 is 0.986. The maximum absolute atomic E-state index is 12.3. The van der Waals surface area contributed by atoms with Gasteiger partial charge in [-0.2, -0.15) is 0 Å². The van der Waals surface area contributed by atoms with Gasteiger partial charge in [0.05, 0.1) is 0 Å². The summed E-state index contributed by atoms with van der Waals surface area (Å²) in [5.74, 6) is 0.316. The standard InChI is InChI=1S/C19H16BrNO/c20-17-8-6-16(7-9-17)19(22)14-15-10-12-21(13-11-15)18-4-2-1-3-5-18/h1-13,15H,14H2. The van der Waals surface area contributed by atoms with Gasteiger partial charge < -0.3 is 4.90 Å². The molecular weight excluding hydrogens is 338 g/mol. The zero-order chi connectivity index (χ0) is 15.4. The van der Waals surface area contributed by atoms with Gasteiger partial charge in [0.1, 0.15) is 0 Å². The van der Waals surface area contributed by atoms with Gasteiger partial charge in [-0.1, -0.05) is 58.4 Å². The summed E-state index contributed by atoms with van der Waals surface area (Å²) in [5, 5.41) is 0. The van der Waals surface area contributed by atoms with Crippen LogP contribution in [0.15, 0.2) is 83.6 Å². The Labute approximate surface area is 138 Å². The van der Waals surface area contributed by atoms with Crippen molar-refractivity contribution in [1.29, 1.82) is 0 Å². The Morgan fingerprint density at radius 3 is 2.23 bits per heavy atom. The van der Waals surface area contributed by atoms with Crippen LogP contribution in [0.4, 0.5) is 5.69 Å². The molecule has 0 fully saturated rings. The predicted molar refractivity (Wildman–Crippen MR) is 93.8 cm³/mol. The summed E-state index contributed by atoms with van der Waals surface area (Å²) in [5.41, 5.74) is 1.88. The Hall–Kier alpha value is -2.13. The molecule has 3 rings (SSSR count). The van der Waals surface area contributed by atoms with Crippen LogP contribution in [0.1, 0.15) is 16.8 Å². The third-order valence-corrected chi connectivity index (χ3v) is 4.16. The smallest absolute Gasteiger partial charge is 0.163 e. The lowest BCUT2D eigenvalue weighted by atomic mass is 9.97. The molecule has 0 bridgehead atoms. The van der Waals surface area contributed by atoms with Crippen LogP contribution in [0.5, 0.6) is 0 Å². The molecule has 2 aromatic rings. The van der Waals surface area contributed by atoms with Crippen LogP contribution in [0, 0.1) is 5.92 Å². The summed E-state index contributed by atoms with van der Waals surface area (Å²) >= 11 is 3.38. The van der Waals surface area contributed by atoms with Gasteiger partial charge >= 0.3 is 0 Å². The fourth-order valence-electron chi connectivity index (χ4n) is 2.40. The first-order valence-electron chi connectivity index (χ1n) is 7.21. The first kappa shape index (κ1) is 14.8. The van der Waals surface area contributed by atoms with E-state index in [-0.39, 0.29) is 11.7 Å². The fraction of sp³-hybridized carbons (Fsp3) is 0.105. The minimum absolute atomic E-state index is 0.149. The lowest BCUT2D eigenvalue weighted by molar-refractivity contribution is 0.0975. The van der Waals surface area contributed by atoms with Gasteiger partial charge in [0, 0.05) is 40.5 Å². The van der Waals surface area contributed by atoms with Crippen LogP contribution in [0.2, 0.25) is 0 Å². The molecule has 0 spiro atoms. The molecule has 0 amide bonds. The third kappa shape index (κ3) is 3.55. The Kier molecular flexibility index (Phi) is 4.54. The van der Waals surface area contributed by atoms with Crippen molar-refractivity contribution >= 4 is 27.4 Å². The van der Waals surface area contributed by atoms with Crippen molar-refractivity contribution in [2.75, 3.05) is 4.90 Å². The summed E-state index contributed by atoms with van der Waals surface area (Å²) in [7, 11) is 0. The molecule has 0 N–H and O–H groups in total. The molecule has 2 nitrogen and oxygen atoms in total. The van der Waals surface area contributed by atoms with Crippen LogP contribution < -0.4 is 4.90 Å². The second-order valence-corrected chi connectivity index (χ2v) is 6.14. The summed E-state index contributed by atoms with van der Waals surface area (Å²) in [4.78, 5) is 14.3. The molecule has 3 heteroatoms. The normalized spacial score (nSPS) is 14.3. The number of hydrogen-bond donors (Lipinski definition) is 0. The number of anilines is 1. The van der Waals surface area contributed by atoms with Gasteiger partial charge in [0.25, 0.3) is 0 Å². The van der Waals surface area contributed by atoms with E-state index in [9.17, 15) is 4.79 Å². The average molecular weight is 354 g/mol. The van der Waals surface area contributed by atoms with E-state index in [4.69, 9.17) is 0 Å². The Balaban J connectivity index is 1.63. The number of carbonyl (C=O) groups excluding carboxylic acids is 1. The number of Topliss-reactive ketones (excluding diaryl/α,β-unsaturated/α-hetero) is 1. The topological polar surface area (TPSA) is 20.3 Å². The number of nitrogens with zero attached hydrogens (tertiary/aromatic N) is 1. The highest BCUT2D eigenvalue weighted by molar-refractivity contribution is 9.10. The van der Waals surface area contributed by atoms with E-state index < -0.39 is 0 Å². The van der Waals surface area contributed by atoms with Crippen molar-refractivity contribution in [3.05, 3.63) is 89.2 Å². The molecular formula is C19H16BrNO. The zero-order valence-electron chi connectivity index (χ0n) is 12.0. The average Bonchev–Trinajstić information content (AvgIpc) is 2.57. The van der Waals surface area contributed by atoms with Crippen LogP contribution in [-0.4, -0.2) is 5.78 Å². The van der Waals surface area contributed by atoms with Gasteiger partial charge in [-0.15, -0.1) is 0 Å². The number of hydrogen-bond acceptors (Lipinski definition) is 2. The van der Waals surface area contributed by atoms with Crippen molar-refractivity contribution in [3.8, 4) is 0 Å². The van der Waals surface area contributed by atoms with Gasteiger partial charge in [-0.05, 0) is 24.3 Å².